The molecule has 0 aliphatic carbocycles. The van der Waals surface area contributed by atoms with Crippen molar-refractivity contribution < 1.29 is 19.4 Å². The third-order valence-corrected chi connectivity index (χ3v) is 4.52. The van der Waals surface area contributed by atoms with Crippen LogP contribution in [0, 0.1) is 0 Å². The van der Waals surface area contributed by atoms with Crippen LogP contribution in [0.2, 0.25) is 0 Å². The van der Waals surface area contributed by atoms with E-state index in [-0.39, 0.29) is 17.6 Å². The highest BCUT2D eigenvalue weighted by Crippen LogP contribution is 2.36. The number of pyridine rings is 1. The van der Waals surface area contributed by atoms with Crippen LogP contribution >= 0.6 is 0 Å². The Bertz CT molecular complexity index is 763. The van der Waals surface area contributed by atoms with Gasteiger partial charge in [-0.3, -0.25) is 9.59 Å². The number of carbonyl (C=O) groups is 1. The number of aromatic nitrogens is 1. The molecule has 0 spiro atoms. The van der Waals surface area contributed by atoms with Gasteiger partial charge >= 0.3 is 0 Å². The van der Waals surface area contributed by atoms with Crippen molar-refractivity contribution in [2.24, 2.45) is 0 Å². The van der Waals surface area contributed by atoms with Crippen molar-refractivity contribution in [3.05, 3.63) is 58.5 Å². The molecule has 24 heavy (non-hydrogen) atoms. The van der Waals surface area contributed by atoms with Crippen LogP contribution in [-0.2, 0) is 21.5 Å². The third-order valence-electron chi connectivity index (χ3n) is 4.52. The summed E-state index contributed by atoms with van der Waals surface area (Å²) in [6.45, 7) is 2.03. The first-order valence-electron chi connectivity index (χ1n) is 7.81. The molecule has 2 aromatic rings. The van der Waals surface area contributed by atoms with Crippen LogP contribution in [0.4, 0.5) is 0 Å². The second kappa shape index (κ2) is 6.88. The van der Waals surface area contributed by atoms with Gasteiger partial charge in [-0.1, -0.05) is 30.3 Å². The molecule has 0 bridgehead atoms. The van der Waals surface area contributed by atoms with Gasteiger partial charge in [0.05, 0.1) is 12.4 Å². The lowest BCUT2D eigenvalue weighted by Crippen LogP contribution is -2.38. The number of aromatic hydroxyl groups is 1. The van der Waals surface area contributed by atoms with Crippen molar-refractivity contribution in [3.63, 3.8) is 0 Å². The van der Waals surface area contributed by atoms with E-state index in [1.165, 1.54) is 18.0 Å². The lowest BCUT2D eigenvalue weighted by molar-refractivity contribution is -0.120. The molecule has 0 unspecified atom stereocenters. The van der Waals surface area contributed by atoms with Crippen LogP contribution in [0.5, 0.6) is 11.5 Å². The summed E-state index contributed by atoms with van der Waals surface area (Å²) in [4.78, 5) is 22.3. The monoisotopic (exact) mass is 329 g/mol. The van der Waals surface area contributed by atoms with Crippen LogP contribution in [0.15, 0.2) is 47.5 Å². The van der Waals surface area contributed by atoms with E-state index in [4.69, 9.17) is 4.74 Å². The molecule has 2 heterocycles. The number of nitrogens with zero attached hydrogens (tertiary/aromatic N) is 1. The molecule has 1 aliphatic heterocycles. The Hall–Kier alpha value is -2.60. The molecule has 1 fully saturated rings. The maximum Gasteiger partial charge on any atom is 0.298 e. The first-order valence-corrected chi connectivity index (χ1v) is 7.81. The molecule has 1 aromatic carbocycles. The second-order valence-electron chi connectivity index (χ2n) is 5.98. The van der Waals surface area contributed by atoms with Gasteiger partial charge in [0.1, 0.15) is 0 Å². The van der Waals surface area contributed by atoms with E-state index in [9.17, 15) is 14.7 Å². The molecule has 6 nitrogen and oxygen atoms in total. The predicted octanol–water partition coefficient (Wildman–Crippen LogP) is 1.84. The van der Waals surface area contributed by atoms with E-state index < -0.39 is 11.2 Å². The van der Waals surface area contributed by atoms with Crippen molar-refractivity contribution >= 4 is 6.47 Å². The SMILES string of the molecule is O=COc1cn(CC2(c3ccccc3)CCOCC2)cc(O)c1=O. The molecule has 0 radical (unpaired) electrons. The number of benzene rings is 1. The minimum absolute atomic E-state index is 0.167. The van der Waals surface area contributed by atoms with Crippen LogP contribution < -0.4 is 10.2 Å². The Morgan fingerprint density at radius 3 is 2.58 bits per heavy atom. The van der Waals surface area contributed by atoms with E-state index in [1.54, 1.807) is 4.57 Å². The van der Waals surface area contributed by atoms with Crippen LogP contribution in [0.25, 0.3) is 0 Å². The van der Waals surface area contributed by atoms with Crippen molar-refractivity contribution in [1.29, 1.82) is 0 Å². The Kier molecular flexibility index (Phi) is 4.66. The molecule has 0 saturated carbocycles. The normalized spacial score (nSPS) is 16.5. The van der Waals surface area contributed by atoms with Gasteiger partial charge in [-0.25, -0.2) is 0 Å². The third kappa shape index (κ3) is 3.19. The quantitative estimate of drug-likeness (QED) is 0.847. The van der Waals surface area contributed by atoms with E-state index in [0.717, 1.165) is 12.8 Å². The number of ether oxygens (including phenoxy) is 2. The van der Waals surface area contributed by atoms with Gasteiger partial charge in [0.2, 0.25) is 0 Å². The zero-order valence-corrected chi connectivity index (χ0v) is 13.2. The van der Waals surface area contributed by atoms with E-state index in [2.05, 4.69) is 16.9 Å². The predicted molar refractivity (Wildman–Crippen MR) is 87.2 cm³/mol. The lowest BCUT2D eigenvalue weighted by atomic mass is 9.74. The maximum absolute atomic E-state index is 11.8. The van der Waals surface area contributed by atoms with Crippen LogP contribution in [0.3, 0.4) is 0 Å². The second-order valence-corrected chi connectivity index (χ2v) is 5.98. The van der Waals surface area contributed by atoms with Crippen molar-refractivity contribution in [1.82, 2.24) is 4.57 Å². The molecular weight excluding hydrogens is 310 g/mol. The number of carbonyl (C=O) groups excluding carboxylic acids is 1. The average Bonchev–Trinajstić information content (AvgIpc) is 2.61. The van der Waals surface area contributed by atoms with Gasteiger partial charge in [0, 0.05) is 25.2 Å². The molecule has 1 aromatic heterocycles. The number of hydrogen-bond donors (Lipinski definition) is 1. The summed E-state index contributed by atoms with van der Waals surface area (Å²) in [5.41, 5.74) is 0.322. The highest BCUT2D eigenvalue weighted by molar-refractivity contribution is 5.45. The molecule has 6 heteroatoms. The highest BCUT2D eigenvalue weighted by atomic mass is 16.5. The summed E-state index contributed by atoms with van der Waals surface area (Å²) in [5, 5.41) is 9.84. The minimum atomic E-state index is -0.695. The zero-order chi connectivity index (χ0) is 17.0. The molecule has 1 N–H and O–H groups in total. The number of hydrogen-bond acceptors (Lipinski definition) is 5. The van der Waals surface area contributed by atoms with Gasteiger partial charge in [-0.2, -0.15) is 0 Å². The molecule has 1 saturated heterocycles. The smallest absolute Gasteiger partial charge is 0.298 e. The summed E-state index contributed by atoms with van der Waals surface area (Å²) in [6.07, 6.45) is 4.48. The van der Waals surface area contributed by atoms with Gasteiger partial charge in [0.25, 0.3) is 11.9 Å². The van der Waals surface area contributed by atoms with Gasteiger partial charge in [-0.15, -0.1) is 0 Å². The average molecular weight is 329 g/mol. The Balaban J connectivity index is 1.99. The summed E-state index contributed by atoms with van der Waals surface area (Å²) < 4.78 is 11.9. The summed E-state index contributed by atoms with van der Waals surface area (Å²) in [7, 11) is 0. The molecule has 1 aliphatic rings. The molecular formula is C18H19NO5. The van der Waals surface area contributed by atoms with Crippen molar-refractivity contribution in [2.45, 2.75) is 24.8 Å². The molecule has 126 valence electrons. The van der Waals surface area contributed by atoms with E-state index in [1.807, 2.05) is 18.2 Å². The van der Waals surface area contributed by atoms with Gasteiger partial charge in [-0.05, 0) is 18.4 Å². The van der Waals surface area contributed by atoms with Gasteiger partial charge in [0.15, 0.2) is 11.5 Å². The zero-order valence-electron chi connectivity index (χ0n) is 13.2. The lowest BCUT2D eigenvalue weighted by Gasteiger charge is -2.38. The maximum atomic E-state index is 11.8. The topological polar surface area (TPSA) is 77.8 Å². The highest BCUT2D eigenvalue weighted by Gasteiger charge is 2.34. The van der Waals surface area contributed by atoms with Crippen LogP contribution in [0.1, 0.15) is 18.4 Å². The Labute approximate surface area is 139 Å². The first kappa shape index (κ1) is 16.3. The van der Waals surface area contributed by atoms with Gasteiger partial charge < -0.3 is 19.1 Å². The summed E-state index contributed by atoms with van der Waals surface area (Å²) >= 11 is 0. The fraction of sp³-hybridized carbons (Fsp3) is 0.333. The first-order chi connectivity index (χ1) is 11.6. The molecule has 3 rings (SSSR count). The fourth-order valence-electron chi connectivity index (χ4n) is 3.26. The van der Waals surface area contributed by atoms with Crippen LogP contribution in [-0.4, -0.2) is 29.4 Å². The molecule has 0 amide bonds. The standard InChI is InChI=1S/C18H19NO5/c20-13-24-16-11-19(10-15(21)17(16)22)12-18(6-8-23-9-7-18)14-4-2-1-3-5-14/h1-5,10-11,13,21H,6-9,12H2. The molecule has 0 atom stereocenters. The minimum Gasteiger partial charge on any atom is -0.503 e. The van der Waals surface area contributed by atoms with E-state index in [0.29, 0.717) is 19.8 Å². The summed E-state index contributed by atoms with van der Waals surface area (Å²) in [6, 6.07) is 10.1. The van der Waals surface area contributed by atoms with Crippen molar-refractivity contribution in [3.8, 4) is 11.5 Å². The summed E-state index contributed by atoms with van der Waals surface area (Å²) in [5.74, 6) is -0.620. The van der Waals surface area contributed by atoms with E-state index >= 15 is 0 Å². The Morgan fingerprint density at radius 1 is 1.21 bits per heavy atom. The Morgan fingerprint density at radius 2 is 1.92 bits per heavy atom. The van der Waals surface area contributed by atoms with Crippen molar-refractivity contribution in [2.75, 3.05) is 13.2 Å². The number of rotatable bonds is 5. The largest absolute Gasteiger partial charge is 0.503 e. The fourth-order valence-corrected chi connectivity index (χ4v) is 3.26.